The zero-order valence-electron chi connectivity index (χ0n) is 10.00. The lowest BCUT2D eigenvalue weighted by atomic mass is 10.1. The van der Waals surface area contributed by atoms with Crippen LogP contribution in [0.4, 0.5) is 10.2 Å². The molecule has 0 unspecified atom stereocenters. The first-order valence-corrected chi connectivity index (χ1v) is 5.47. The molecule has 1 aliphatic rings. The van der Waals surface area contributed by atoms with Crippen molar-refractivity contribution in [2.75, 3.05) is 12.3 Å². The van der Waals surface area contributed by atoms with Crippen LogP contribution in [0, 0.1) is 0 Å². The number of hydrogen-bond donors (Lipinski definition) is 3. The third-order valence-electron chi connectivity index (χ3n) is 2.93. The molecule has 20 heavy (non-hydrogen) atoms. The van der Waals surface area contributed by atoms with Gasteiger partial charge in [0.2, 0.25) is 5.72 Å². The van der Waals surface area contributed by atoms with Crippen molar-refractivity contribution in [1.82, 2.24) is 9.55 Å². The number of aliphatic hydroxyl groups excluding tert-OH is 2. The van der Waals surface area contributed by atoms with Gasteiger partial charge >= 0.3 is 5.69 Å². The summed E-state index contributed by atoms with van der Waals surface area (Å²) in [7, 11) is 0. The number of ether oxygens (including phenoxy) is 1. The third-order valence-corrected chi connectivity index (χ3v) is 2.93. The predicted octanol–water partition coefficient (Wildman–Crippen LogP) is -0.948. The molecule has 1 aromatic heterocycles. The van der Waals surface area contributed by atoms with E-state index in [9.17, 15) is 19.4 Å². The van der Waals surface area contributed by atoms with E-state index in [4.69, 9.17) is 16.0 Å². The molecule has 0 amide bonds. The van der Waals surface area contributed by atoms with Crippen molar-refractivity contribution in [3.05, 3.63) is 33.2 Å². The molecule has 2 heterocycles. The quantitative estimate of drug-likeness (QED) is 0.369. The minimum absolute atomic E-state index is 0.0660. The summed E-state index contributed by atoms with van der Waals surface area (Å²) in [5.74, 6) is -0.0660. The third kappa shape index (κ3) is 2.08. The zero-order chi connectivity index (χ0) is 14.9. The topological polar surface area (TPSA) is 159 Å². The van der Waals surface area contributed by atoms with Crippen molar-refractivity contribution < 1.29 is 19.3 Å². The maximum Gasteiger partial charge on any atom is 0.351 e. The Morgan fingerprint density at radius 2 is 2.45 bits per heavy atom. The summed E-state index contributed by atoms with van der Waals surface area (Å²) in [5, 5.41) is 22.0. The van der Waals surface area contributed by atoms with E-state index in [1.165, 1.54) is 6.07 Å². The second-order valence-electron chi connectivity index (χ2n) is 4.13. The van der Waals surface area contributed by atoms with Crippen LogP contribution < -0.4 is 11.4 Å². The van der Waals surface area contributed by atoms with Crippen molar-refractivity contribution in [1.29, 1.82) is 0 Å². The second-order valence-corrected chi connectivity index (χ2v) is 4.13. The summed E-state index contributed by atoms with van der Waals surface area (Å²) < 4.78 is 19.9. The van der Waals surface area contributed by atoms with Crippen molar-refractivity contribution in [3.63, 3.8) is 0 Å². The van der Waals surface area contributed by atoms with Gasteiger partial charge in [0, 0.05) is 11.1 Å². The molecule has 0 aliphatic carbocycles. The Hall–Kier alpha value is -2.20. The maximum absolute atomic E-state index is 14.1. The molecule has 4 atom stereocenters. The van der Waals surface area contributed by atoms with E-state index in [2.05, 4.69) is 15.0 Å². The second kappa shape index (κ2) is 5.06. The number of anilines is 1. The summed E-state index contributed by atoms with van der Waals surface area (Å²) in [5.41, 5.74) is 10.6. The molecule has 1 fully saturated rings. The van der Waals surface area contributed by atoms with Gasteiger partial charge in [-0.15, -0.1) is 0 Å². The summed E-state index contributed by atoms with van der Waals surface area (Å²) in [4.78, 5) is 17.4. The average Bonchev–Trinajstić information content (AvgIpc) is 2.65. The molecule has 0 saturated carbocycles. The number of aromatic nitrogens is 2. The first-order chi connectivity index (χ1) is 9.45. The molecule has 10 nitrogen and oxygen atoms in total. The highest BCUT2D eigenvalue weighted by atomic mass is 19.1. The summed E-state index contributed by atoms with van der Waals surface area (Å²) >= 11 is 0. The van der Waals surface area contributed by atoms with E-state index in [1.807, 2.05) is 0 Å². The lowest BCUT2D eigenvalue weighted by Crippen LogP contribution is -2.43. The van der Waals surface area contributed by atoms with Gasteiger partial charge < -0.3 is 20.7 Å². The van der Waals surface area contributed by atoms with E-state index in [-0.39, 0.29) is 5.82 Å². The van der Waals surface area contributed by atoms with E-state index < -0.39 is 36.5 Å². The van der Waals surface area contributed by atoms with Crippen molar-refractivity contribution in [2.45, 2.75) is 24.2 Å². The predicted molar refractivity (Wildman–Crippen MR) is 62.9 cm³/mol. The van der Waals surface area contributed by atoms with E-state index in [0.717, 1.165) is 10.8 Å². The Balaban J connectivity index is 2.45. The Morgan fingerprint density at radius 1 is 1.75 bits per heavy atom. The molecule has 1 aromatic rings. The number of alkyl halides is 1. The molecule has 4 N–H and O–H groups in total. The van der Waals surface area contributed by atoms with Crippen LogP contribution in [0.5, 0.6) is 0 Å². The van der Waals surface area contributed by atoms with E-state index in [1.54, 1.807) is 0 Å². The van der Waals surface area contributed by atoms with Gasteiger partial charge in [0.05, 0.1) is 6.61 Å². The molecule has 0 aromatic carbocycles. The summed E-state index contributed by atoms with van der Waals surface area (Å²) in [6.07, 6.45) is -4.50. The van der Waals surface area contributed by atoms with Gasteiger partial charge in [-0.1, -0.05) is 5.11 Å². The maximum atomic E-state index is 14.1. The highest BCUT2D eigenvalue weighted by Crippen LogP contribution is 2.39. The van der Waals surface area contributed by atoms with Gasteiger partial charge in [-0.2, -0.15) is 4.98 Å². The minimum atomic E-state index is -2.19. The van der Waals surface area contributed by atoms with Crippen molar-refractivity contribution >= 4 is 5.82 Å². The molecule has 0 radical (unpaired) electrons. The molecule has 1 aliphatic heterocycles. The smallest absolute Gasteiger partial charge is 0.351 e. The van der Waals surface area contributed by atoms with Gasteiger partial charge in [-0.25, -0.2) is 9.18 Å². The van der Waals surface area contributed by atoms with Crippen LogP contribution in [0.15, 0.2) is 22.2 Å². The SMILES string of the molecule is [N-]=[N+]=N[C@]1(CO)O[C@@H](n2ccc(N)nc2=O)[C@@H](F)[C@@H]1O. The molecule has 0 bridgehead atoms. The highest BCUT2D eigenvalue weighted by Gasteiger charge is 2.56. The highest BCUT2D eigenvalue weighted by molar-refractivity contribution is 5.23. The number of nitrogen functional groups attached to an aromatic ring is 1. The van der Waals surface area contributed by atoms with E-state index >= 15 is 0 Å². The molecular weight excluding hydrogens is 275 g/mol. The normalized spacial score (nSPS) is 32.9. The Labute approximate surface area is 110 Å². The molecule has 1 saturated heterocycles. The number of rotatable bonds is 3. The molecule has 108 valence electrons. The molecular formula is C9H11FN6O4. The number of azide groups is 1. The standard InChI is InChI=1S/C9H11FN6O4/c10-5-6(18)9(3-17,14-15-12)20-7(5)16-2-1-4(11)13-8(16)19/h1-2,5-7,17-18H,3H2,(H2,11,13,19)/t5-,6-,7+,9+/m0/s1. The minimum Gasteiger partial charge on any atom is -0.393 e. The lowest BCUT2D eigenvalue weighted by molar-refractivity contribution is -0.124. The Bertz CT molecular complexity index is 617. The molecule has 0 spiro atoms. The van der Waals surface area contributed by atoms with Gasteiger partial charge in [-0.3, -0.25) is 4.57 Å². The summed E-state index contributed by atoms with van der Waals surface area (Å²) in [6, 6.07) is 1.23. The molecule has 11 heteroatoms. The van der Waals surface area contributed by atoms with Crippen LogP contribution >= 0.6 is 0 Å². The van der Waals surface area contributed by atoms with Gasteiger partial charge in [0.1, 0.15) is 11.9 Å². The fourth-order valence-corrected chi connectivity index (χ4v) is 1.90. The van der Waals surface area contributed by atoms with Crippen molar-refractivity contribution in [2.24, 2.45) is 5.11 Å². The van der Waals surface area contributed by atoms with Gasteiger partial charge in [0.15, 0.2) is 12.4 Å². The van der Waals surface area contributed by atoms with Crippen LogP contribution in [-0.2, 0) is 4.74 Å². The van der Waals surface area contributed by atoms with Gasteiger partial charge in [0.25, 0.3) is 0 Å². The van der Waals surface area contributed by atoms with Crippen LogP contribution in [0.25, 0.3) is 10.4 Å². The van der Waals surface area contributed by atoms with Crippen molar-refractivity contribution in [3.8, 4) is 0 Å². The monoisotopic (exact) mass is 286 g/mol. The van der Waals surface area contributed by atoms with Crippen LogP contribution in [0.2, 0.25) is 0 Å². The number of nitrogens with two attached hydrogens (primary N) is 1. The first kappa shape index (κ1) is 14.2. The molecule has 2 rings (SSSR count). The van der Waals surface area contributed by atoms with Gasteiger partial charge in [-0.05, 0) is 11.6 Å². The lowest BCUT2D eigenvalue weighted by Gasteiger charge is -2.23. The number of nitrogens with zero attached hydrogens (tertiary/aromatic N) is 5. The fraction of sp³-hybridized carbons (Fsp3) is 0.556. The first-order valence-electron chi connectivity index (χ1n) is 5.47. The fourth-order valence-electron chi connectivity index (χ4n) is 1.90. The number of aliphatic hydroxyl groups is 2. The number of halogens is 1. The average molecular weight is 286 g/mol. The Morgan fingerprint density at radius 3 is 3.00 bits per heavy atom. The largest absolute Gasteiger partial charge is 0.393 e. The van der Waals surface area contributed by atoms with Crippen LogP contribution in [0.3, 0.4) is 0 Å². The van der Waals surface area contributed by atoms with Crippen LogP contribution in [0.1, 0.15) is 6.23 Å². The summed E-state index contributed by atoms with van der Waals surface area (Å²) in [6.45, 7) is -0.952. The number of hydrogen-bond acceptors (Lipinski definition) is 7. The van der Waals surface area contributed by atoms with Crippen LogP contribution in [-0.4, -0.2) is 44.4 Å². The Kier molecular flexibility index (Phi) is 3.59. The van der Waals surface area contributed by atoms with E-state index in [0.29, 0.717) is 0 Å². The zero-order valence-corrected chi connectivity index (χ0v) is 10.00.